The lowest BCUT2D eigenvalue weighted by Crippen LogP contribution is -2.38. The number of nitrogens with one attached hydrogen (secondary N) is 1. The number of aromatic amines is 1. The molecule has 0 bridgehead atoms. The molecular weight excluding hydrogens is 952 g/mol. The summed E-state index contributed by atoms with van der Waals surface area (Å²) in [5.41, 5.74) is -1.86. The summed E-state index contributed by atoms with van der Waals surface area (Å²) < 4.78 is 69.1. The third-order valence-electron chi connectivity index (χ3n) is 11.6. The van der Waals surface area contributed by atoms with E-state index in [2.05, 4.69) is 9.97 Å². The highest BCUT2D eigenvalue weighted by Gasteiger charge is 2.47. The minimum Gasteiger partial charge on any atom is -0.497 e. The van der Waals surface area contributed by atoms with Gasteiger partial charge in [0.05, 0.1) is 32.8 Å². The summed E-state index contributed by atoms with van der Waals surface area (Å²) in [7, 11) is -1.97. The predicted molar refractivity (Wildman–Crippen MR) is 252 cm³/mol. The number of thioether (sulfide) groups is 1. The predicted octanol–water partition coefficient (Wildman–Crippen LogP) is 5.78. The maximum atomic E-state index is 14.0. The molecule has 70 heavy (non-hydrogen) atoms. The van der Waals surface area contributed by atoms with Crippen molar-refractivity contribution in [3.05, 3.63) is 151 Å². The van der Waals surface area contributed by atoms with Gasteiger partial charge in [-0.05, 0) is 74.7 Å². The molecule has 374 valence electrons. The quantitative estimate of drug-likeness (QED) is 0.0249. The number of methoxy groups -OCH3 is 2. The Hall–Kier alpha value is -5.90. The fourth-order valence-electron chi connectivity index (χ4n) is 8.00. The van der Waals surface area contributed by atoms with Gasteiger partial charge in [0.15, 0.2) is 0 Å². The van der Waals surface area contributed by atoms with Gasteiger partial charge < -0.3 is 38.1 Å². The Morgan fingerprint density at radius 3 is 1.97 bits per heavy atom. The maximum absolute atomic E-state index is 14.0. The molecule has 3 aromatic carbocycles. The summed E-state index contributed by atoms with van der Waals surface area (Å²) in [4.78, 5) is 80.8. The molecule has 7 rings (SSSR count). The van der Waals surface area contributed by atoms with E-state index >= 15 is 0 Å². The highest BCUT2D eigenvalue weighted by Crippen LogP contribution is 2.50. The second kappa shape index (κ2) is 22.0. The van der Waals surface area contributed by atoms with E-state index in [0.29, 0.717) is 28.2 Å². The van der Waals surface area contributed by atoms with Crippen molar-refractivity contribution in [2.45, 2.75) is 95.0 Å². The molecule has 2 N–H and O–H groups in total. The van der Waals surface area contributed by atoms with Crippen LogP contribution in [0.1, 0.15) is 75.2 Å². The second-order valence-corrected chi connectivity index (χ2v) is 19.8. The minimum atomic E-state index is -5.08. The Kier molecular flexibility index (Phi) is 16.3. The molecule has 2 fully saturated rings. The number of benzene rings is 3. The minimum absolute atomic E-state index is 0.0437. The number of nitrogens with zero attached hydrogens (tertiary/aromatic N) is 3. The summed E-state index contributed by atoms with van der Waals surface area (Å²) in [6, 6.07) is 25.5. The smallest absolute Gasteiger partial charge is 0.472 e. The van der Waals surface area contributed by atoms with Crippen LogP contribution in [0, 0.1) is 12.3 Å². The molecule has 7 atom stereocenters. The summed E-state index contributed by atoms with van der Waals surface area (Å²) in [5.74, 6) is 0.0337. The average Bonchev–Trinajstić information content (AvgIpc) is 3.92. The lowest BCUT2D eigenvalue weighted by atomic mass is 9.80. The first kappa shape index (κ1) is 51.9. The molecule has 2 aromatic heterocycles. The third-order valence-corrected chi connectivity index (χ3v) is 13.3. The second-order valence-electron chi connectivity index (χ2n) is 17.5. The SMILES string of the molecule is COc1ccc(C(OC[C@H]2O[C@@H](n3cc(C)c(=O)[nH]c3=O)C[C@@H]2OP(=O)(O)OC[C@H]2O[C@@H](n3ccc(SCOC(=O)C(C)(C)C)nc3=O)C[C@@H]2OC(C)=O)(c2ccccc2)c2ccc(OC)cc2)cc1. The van der Waals surface area contributed by atoms with Crippen molar-refractivity contribution < 1.29 is 61.3 Å². The van der Waals surface area contributed by atoms with Crippen molar-refractivity contribution in [2.75, 3.05) is 33.4 Å². The molecule has 0 aliphatic carbocycles. The van der Waals surface area contributed by atoms with Crippen molar-refractivity contribution in [2.24, 2.45) is 5.41 Å². The van der Waals surface area contributed by atoms with Gasteiger partial charge in [-0.25, -0.2) is 14.2 Å². The lowest BCUT2D eigenvalue weighted by Gasteiger charge is -2.37. The molecule has 1 unspecified atom stereocenters. The number of phosphoric ester groups is 1. The Balaban J connectivity index is 1.14. The molecule has 20 nitrogen and oxygen atoms in total. The molecule has 0 spiro atoms. The van der Waals surface area contributed by atoms with Gasteiger partial charge in [0, 0.05) is 37.7 Å². The molecule has 2 aliphatic heterocycles. The molecule has 0 radical (unpaired) electrons. The number of phosphoric acid groups is 1. The van der Waals surface area contributed by atoms with E-state index in [9.17, 15) is 33.4 Å². The van der Waals surface area contributed by atoms with Crippen LogP contribution in [0.5, 0.6) is 11.5 Å². The van der Waals surface area contributed by atoms with Crippen molar-refractivity contribution in [1.82, 2.24) is 19.1 Å². The van der Waals surface area contributed by atoms with E-state index in [1.54, 1.807) is 59.3 Å². The van der Waals surface area contributed by atoms with Crippen molar-refractivity contribution in [1.29, 1.82) is 0 Å². The number of hydrogen-bond acceptors (Lipinski definition) is 17. The van der Waals surface area contributed by atoms with Crippen LogP contribution in [0.2, 0.25) is 0 Å². The van der Waals surface area contributed by atoms with E-state index < -0.39 is 91.2 Å². The Labute approximate surface area is 406 Å². The van der Waals surface area contributed by atoms with Gasteiger partial charge in [0.2, 0.25) is 0 Å². The number of rotatable bonds is 19. The van der Waals surface area contributed by atoms with Gasteiger partial charge in [0.25, 0.3) is 5.56 Å². The maximum Gasteiger partial charge on any atom is 0.472 e. The first-order valence-corrected chi connectivity index (χ1v) is 24.6. The molecule has 2 aliphatic rings. The average molecular weight is 1010 g/mol. The van der Waals surface area contributed by atoms with Crippen LogP contribution in [0.25, 0.3) is 0 Å². The number of carbonyl (C=O) groups is 2. The zero-order valence-electron chi connectivity index (χ0n) is 39.5. The fraction of sp³-hybridized carbons (Fsp3) is 0.417. The van der Waals surface area contributed by atoms with E-state index in [4.69, 9.17) is 42.2 Å². The van der Waals surface area contributed by atoms with Gasteiger partial charge in [-0.1, -0.05) is 66.4 Å². The molecule has 2 saturated heterocycles. The molecule has 0 saturated carbocycles. The Morgan fingerprint density at radius 2 is 1.40 bits per heavy atom. The van der Waals surface area contributed by atoms with Crippen molar-refractivity contribution in [3.8, 4) is 11.5 Å². The molecule has 22 heteroatoms. The molecule has 5 aromatic rings. The standard InChI is InChI=1S/C48H55N4O16PS/c1-29-25-52(46(57)50-43(29)54)42-24-37(38(66-42)26-63-48(31-11-9-8-10-12-31,32-13-17-34(60-6)18-14-32)33-15-19-35(61-7)20-16-33)68-69(58,59)64-27-39-36(65-30(2)53)23-41(67-39)51-22-21-40(49-45(51)56)70-28-62-44(55)47(3,4)5/h8-22,25,36-39,41-42H,23-24,26-28H2,1-7H3,(H,58,59)(H,50,54,57)/t36-,37-,38+,39+,41+,42+/m0/s1. The van der Waals surface area contributed by atoms with E-state index in [0.717, 1.165) is 16.3 Å². The Bertz CT molecular complexity index is 2800. The van der Waals surface area contributed by atoms with Gasteiger partial charge in [-0.3, -0.25) is 37.5 Å². The summed E-state index contributed by atoms with van der Waals surface area (Å²) in [6.07, 6.45) is -4.24. The van der Waals surface area contributed by atoms with E-state index in [-0.39, 0.29) is 36.0 Å². The molecular formula is C48H55N4O16PS. The highest BCUT2D eigenvalue weighted by molar-refractivity contribution is 7.99. The van der Waals surface area contributed by atoms with Crippen LogP contribution >= 0.6 is 19.6 Å². The van der Waals surface area contributed by atoms with Gasteiger partial charge in [-0.2, -0.15) is 4.98 Å². The lowest BCUT2D eigenvalue weighted by molar-refractivity contribution is -0.151. The summed E-state index contributed by atoms with van der Waals surface area (Å²) in [5, 5.41) is 0.283. The van der Waals surface area contributed by atoms with E-state index in [1.165, 1.54) is 36.9 Å². The van der Waals surface area contributed by atoms with Crippen LogP contribution in [-0.2, 0) is 52.5 Å². The number of aromatic nitrogens is 4. The van der Waals surface area contributed by atoms with E-state index in [1.807, 2.05) is 54.6 Å². The van der Waals surface area contributed by atoms with Crippen LogP contribution in [0.4, 0.5) is 0 Å². The van der Waals surface area contributed by atoms with Crippen LogP contribution < -0.4 is 26.4 Å². The van der Waals surface area contributed by atoms with Crippen molar-refractivity contribution in [3.63, 3.8) is 0 Å². The topological polar surface area (TPSA) is 244 Å². The largest absolute Gasteiger partial charge is 0.497 e. The normalized spacial score (nSPS) is 21.2. The zero-order chi connectivity index (χ0) is 50.4. The number of carbonyl (C=O) groups excluding carboxylic acids is 2. The first-order valence-electron chi connectivity index (χ1n) is 22.1. The summed E-state index contributed by atoms with van der Waals surface area (Å²) in [6.45, 7) is 6.92. The number of aryl methyl sites for hydroxylation is 1. The monoisotopic (exact) mass is 1010 g/mol. The molecule has 4 heterocycles. The van der Waals surface area contributed by atoms with Gasteiger partial charge in [0.1, 0.15) is 64.9 Å². The fourth-order valence-corrected chi connectivity index (χ4v) is 9.54. The van der Waals surface area contributed by atoms with Gasteiger partial charge >= 0.3 is 31.1 Å². The Morgan fingerprint density at radius 1 is 0.829 bits per heavy atom. The van der Waals surface area contributed by atoms with Crippen LogP contribution in [-0.4, -0.2) is 93.7 Å². The first-order chi connectivity index (χ1) is 33.3. The third kappa shape index (κ3) is 12.2. The highest BCUT2D eigenvalue weighted by atomic mass is 32.2. The van der Waals surface area contributed by atoms with Crippen LogP contribution in [0.3, 0.4) is 0 Å². The van der Waals surface area contributed by atoms with Gasteiger partial charge in [-0.15, -0.1) is 0 Å². The number of hydrogen-bond donors (Lipinski definition) is 2. The van der Waals surface area contributed by atoms with Crippen LogP contribution in [0.15, 0.2) is 117 Å². The number of ether oxygens (including phenoxy) is 7. The molecule has 0 amide bonds. The van der Waals surface area contributed by atoms with Crippen molar-refractivity contribution >= 4 is 31.5 Å². The zero-order valence-corrected chi connectivity index (χ0v) is 41.2. The number of H-pyrrole nitrogens is 1. The number of esters is 2. The summed E-state index contributed by atoms with van der Waals surface area (Å²) >= 11 is 1.04.